The van der Waals surface area contributed by atoms with Crippen LogP contribution in [0.5, 0.6) is 5.75 Å². The normalized spacial score (nSPS) is 11.0. The maximum Gasteiger partial charge on any atom is 0.251 e. The van der Waals surface area contributed by atoms with Crippen LogP contribution in [0.4, 0.5) is 0 Å². The van der Waals surface area contributed by atoms with Crippen LogP contribution in [0.25, 0.3) is 10.9 Å². The van der Waals surface area contributed by atoms with Gasteiger partial charge in [0, 0.05) is 29.4 Å². The molecule has 0 unspecified atom stereocenters. The predicted molar refractivity (Wildman–Crippen MR) is 91.9 cm³/mol. The molecule has 5 heteroatoms. The Morgan fingerprint density at radius 2 is 2.09 bits per heavy atom. The van der Waals surface area contributed by atoms with Crippen molar-refractivity contribution in [1.82, 2.24) is 10.3 Å². The highest BCUT2D eigenvalue weighted by Crippen LogP contribution is 2.19. The van der Waals surface area contributed by atoms with Crippen molar-refractivity contribution in [1.29, 1.82) is 0 Å². The minimum atomic E-state index is -0.141. The molecule has 1 aromatic heterocycles. The standard InChI is InChI=1S/C18H24N2O3/c1-12(2)8-9-19-17(21)7-4-13-10-14-11-15(23-3)5-6-16(14)20-18(13)22/h5-6,10-12H,4,7-9H2,1-3H3,(H,19,21)(H,20,22). The van der Waals surface area contributed by atoms with Crippen molar-refractivity contribution in [2.75, 3.05) is 13.7 Å². The molecule has 23 heavy (non-hydrogen) atoms. The van der Waals surface area contributed by atoms with E-state index in [-0.39, 0.29) is 11.5 Å². The number of ether oxygens (including phenoxy) is 1. The van der Waals surface area contributed by atoms with Gasteiger partial charge in [0.05, 0.1) is 7.11 Å². The fraction of sp³-hybridized carbons (Fsp3) is 0.444. The van der Waals surface area contributed by atoms with E-state index in [4.69, 9.17) is 4.74 Å². The van der Waals surface area contributed by atoms with E-state index in [9.17, 15) is 9.59 Å². The van der Waals surface area contributed by atoms with Gasteiger partial charge in [-0.2, -0.15) is 0 Å². The molecule has 0 saturated heterocycles. The summed E-state index contributed by atoms with van der Waals surface area (Å²) in [4.78, 5) is 26.8. The lowest BCUT2D eigenvalue weighted by atomic mass is 10.1. The van der Waals surface area contributed by atoms with Crippen molar-refractivity contribution in [3.05, 3.63) is 40.2 Å². The number of carbonyl (C=O) groups is 1. The van der Waals surface area contributed by atoms with Gasteiger partial charge in [0.15, 0.2) is 0 Å². The Morgan fingerprint density at radius 3 is 2.78 bits per heavy atom. The second-order valence-corrected chi connectivity index (χ2v) is 6.11. The molecule has 2 rings (SSSR count). The monoisotopic (exact) mass is 316 g/mol. The summed E-state index contributed by atoms with van der Waals surface area (Å²) in [5, 5.41) is 3.79. The third-order valence-electron chi connectivity index (χ3n) is 3.79. The molecule has 0 saturated carbocycles. The third-order valence-corrected chi connectivity index (χ3v) is 3.79. The van der Waals surface area contributed by atoms with Gasteiger partial charge in [-0.3, -0.25) is 9.59 Å². The van der Waals surface area contributed by atoms with Crippen molar-refractivity contribution >= 4 is 16.8 Å². The average molecular weight is 316 g/mol. The summed E-state index contributed by atoms with van der Waals surface area (Å²) < 4.78 is 5.20. The smallest absolute Gasteiger partial charge is 0.251 e. The Morgan fingerprint density at radius 1 is 1.30 bits per heavy atom. The van der Waals surface area contributed by atoms with Gasteiger partial charge in [-0.1, -0.05) is 13.8 Å². The second kappa shape index (κ2) is 7.81. The number of hydrogen-bond acceptors (Lipinski definition) is 3. The van der Waals surface area contributed by atoms with E-state index in [2.05, 4.69) is 24.1 Å². The number of aromatic nitrogens is 1. The lowest BCUT2D eigenvalue weighted by molar-refractivity contribution is -0.121. The topological polar surface area (TPSA) is 71.2 Å². The van der Waals surface area contributed by atoms with Crippen molar-refractivity contribution in [2.45, 2.75) is 33.1 Å². The molecule has 0 atom stereocenters. The number of pyridine rings is 1. The molecule has 0 fully saturated rings. The van der Waals surface area contributed by atoms with Crippen molar-refractivity contribution in [3.8, 4) is 5.75 Å². The number of aryl methyl sites for hydroxylation is 1. The lowest BCUT2D eigenvalue weighted by Gasteiger charge is -2.08. The van der Waals surface area contributed by atoms with Crippen LogP contribution in [0.1, 0.15) is 32.3 Å². The summed E-state index contributed by atoms with van der Waals surface area (Å²) in [6.07, 6.45) is 1.70. The molecular weight excluding hydrogens is 292 g/mol. The maximum atomic E-state index is 12.1. The first kappa shape index (κ1) is 17.1. The number of H-pyrrole nitrogens is 1. The number of carbonyl (C=O) groups excluding carboxylic acids is 1. The van der Waals surface area contributed by atoms with Gasteiger partial charge in [-0.05, 0) is 43.0 Å². The van der Waals surface area contributed by atoms with Crippen LogP contribution in [-0.2, 0) is 11.2 Å². The number of fused-ring (bicyclic) bond motifs is 1. The average Bonchev–Trinajstić information content (AvgIpc) is 2.52. The molecule has 0 spiro atoms. The van der Waals surface area contributed by atoms with Crippen LogP contribution in [0, 0.1) is 5.92 Å². The number of hydrogen-bond donors (Lipinski definition) is 2. The molecule has 0 aliphatic carbocycles. The quantitative estimate of drug-likeness (QED) is 0.825. The fourth-order valence-corrected chi connectivity index (χ4v) is 2.38. The summed E-state index contributed by atoms with van der Waals surface area (Å²) >= 11 is 0. The highest BCUT2D eigenvalue weighted by Gasteiger charge is 2.07. The molecule has 0 bridgehead atoms. The Balaban J connectivity index is 2.03. The Labute approximate surface area is 136 Å². The molecular formula is C18H24N2O3. The number of amides is 1. The van der Waals surface area contributed by atoms with Crippen molar-refractivity contribution < 1.29 is 9.53 Å². The van der Waals surface area contributed by atoms with Gasteiger partial charge in [-0.15, -0.1) is 0 Å². The highest BCUT2D eigenvalue weighted by molar-refractivity contribution is 5.81. The minimum Gasteiger partial charge on any atom is -0.497 e. The van der Waals surface area contributed by atoms with Gasteiger partial charge >= 0.3 is 0 Å². The number of rotatable bonds is 7. The SMILES string of the molecule is COc1ccc2[nH]c(=O)c(CCC(=O)NCCC(C)C)cc2c1. The van der Waals surface area contributed by atoms with E-state index in [1.54, 1.807) is 13.2 Å². The first-order valence-corrected chi connectivity index (χ1v) is 7.96. The molecule has 0 radical (unpaired) electrons. The first-order valence-electron chi connectivity index (χ1n) is 7.96. The summed E-state index contributed by atoms with van der Waals surface area (Å²) in [5.74, 6) is 1.28. The number of nitrogens with one attached hydrogen (secondary N) is 2. The largest absolute Gasteiger partial charge is 0.497 e. The van der Waals surface area contributed by atoms with Crippen LogP contribution in [0.15, 0.2) is 29.1 Å². The number of aromatic amines is 1. The molecule has 124 valence electrons. The van der Waals surface area contributed by atoms with E-state index in [1.807, 2.05) is 18.2 Å². The van der Waals surface area contributed by atoms with Gasteiger partial charge < -0.3 is 15.0 Å². The molecule has 2 aromatic rings. The molecule has 1 amide bonds. The number of methoxy groups -OCH3 is 1. The highest BCUT2D eigenvalue weighted by atomic mass is 16.5. The molecule has 5 nitrogen and oxygen atoms in total. The lowest BCUT2D eigenvalue weighted by Crippen LogP contribution is -2.26. The Bertz CT molecular complexity index is 735. The zero-order chi connectivity index (χ0) is 16.8. The van der Waals surface area contributed by atoms with E-state index in [0.29, 0.717) is 30.9 Å². The summed E-state index contributed by atoms with van der Waals surface area (Å²) in [7, 11) is 1.61. The molecule has 1 aromatic carbocycles. The van der Waals surface area contributed by atoms with Crippen LogP contribution >= 0.6 is 0 Å². The van der Waals surface area contributed by atoms with E-state index in [1.165, 1.54) is 0 Å². The molecule has 2 N–H and O–H groups in total. The summed E-state index contributed by atoms with van der Waals surface area (Å²) in [6, 6.07) is 7.33. The summed E-state index contributed by atoms with van der Waals surface area (Å²) in [5.41, 5.74) is 1.24. The first-order chi connectivity index (χ1) is 11.0. The Kier molecular flexibility index (Phi) is 5.79. The molecule has 1 heterocycles. The van der Waals surface area contributed by atoms with E-state index < -0.39 is 0 Å². The van der Waals surface area contributed by atoms with Gasteiger partial charge in [0.25, 0.3) is 5.56 Å². The third kappa shape index (κ3) is 4.84. The van der Waals surface area contributed by atoms with E-state index in [0.717, 1.165) is 23.1 Å². The minimum absolute atomic E-state index is 0.0178. The van der Waals surface area contributed by atoms with E-state index >= 15 is 0 Å². The summed E-state index contributed by atoms with van der Waals surface area (Å²) in [6.45, 7) is 4.92. The maximum absolute atomic E-state index is 12.1. The second-order valence-electron chi connectivity index (χ2n) is 6.11. The van der Waals surface area contributed by atoms with Crippen molar-refractivity contribution in [2.24, 2.45) is 5.92 Å². The zero-order valence-electron chi connectivity index (χ0n) is 13.9. The van der Waals surface area contributed by atoms with Crippen LogP contribution < -0.4 is 15.6 Å². The van der Waals surface area contributed by atoms with Crippen molar-refractivity contribution in [3.63, 3.8) is 0 Å². The van der Waals surface area contributed by atoms with Gasteiger partial charge in [-0.25, -0.2) is 0 Å². The zero-order valence-corrected chi connectivity index (χ0v) is 13.9. The van der Waals surface area contributed by atoms with Gasteiger partial charge in [0.1, 0.15) is 5.75 Å². The fourth-order valence-electron chi connectivity index (χ4n) is 2.38. The Hall–Kier alpha value is -2.30. The van der Waals surface area contributed by atoms with Crippen LogP contribution in [-0.4, -0.2) is 24.5 Å². The molecule has 0 aliphatic rings. The predicted octanol–water partition coefficient (Wildman–Crippen LogP) is 2.63. The molecule has 0 aliphatic heterocycles. The van der Waals surface area contributed by atoms with Crippen LogP contribution in [0.2, 0.25) is 0 Å². The van der Waals surface area contributed by atoms with Crippen LogP contribution in [0.3, 0.4) is 0 Å². The van der Waals surface area contributed by atoms with Gasteiger partial charge in [0.2, 0.25) is 5.91 Å². The number of benzene rings is 1.